The summed E-state index contributed by atoms with van der Waals surface area (Å²) in [4.78, 5) is 29.9. The topological polar surface area (TPSA) is 83.0 Å². The van der Waals surface area contributed by atoms with Crippen LogP contribution < -0.4 is 64.7 Å². The van der Waals surface area contributed by atoms with E-state index in [2.05, 4.69) is 9.97 Å². The van der Waals surface area contributed by atoms with Gasteiger partial charge in [-0.2, -0.15) is 0 Å². The van der Waals surface area contributed by atoms with Gasteiger partial charge in [0.2, 0.25) is 5.82 Å². The van der Waals surface area contributed by atoms with Crippen molar-refractivity contribution in [3.05, 3.63) is 27.1 Å². The van der Waals surface area contributed by atoms with E-state index < -0.39 is 11.5 Å². The Labute approximate surface area is 155 Å². The molecular weight excluding hydrogens is 274 g/mol. The van der Waals surface area contributed by atoms with Gasteiger partial charge in [-0.3, -0.25) is 4.79 Å². The zero-order valence-electron chi connectivity index (χ0n) is 12.8. The molecule has 2 rings (SSSR count). The summed E-state index contributed by atoms with van der Waals surface area (Å²) in [5, 5.41) is 9.21. The zero-order chi connectivity index (χ0) is 11.9. The second kappa shape index (κ2) is 7.19. The van der Waals surface area contributed by atoms with Gasteiger partial charge in [-0.25, -0.2) is 9.78 Å². The Morgan fingerprint density at radius 3 is 2.61 bits per heavy atom. The molecular formula is C10H12N2Na2O3S. The number of nitrogens with zero attached hydrogens (tertiary/aromatic N) is 1. The maximum atomic E-state index is 11.6. The average molecular weight is 286 g/mol. The van der Waals surface area contributed by atoms with Gasteiger partial charge < -0.3 is 12.9 Å². The monoisotopic (exact) mass is 286 g/mol. The zero-order valence-corrected chi connectivity index (χ0v) is 15.6. The number of carboxylic acids is 1. The fourth-order valence-corrected chi connectivity index (χ4v) is 2.37. The van der Waals surface area contributed by atoms with Crippen LogP contribution >= 0.6 is 11.3 Å². The molecule has 0 bridgehead atoms. The number of hydrogen-bond acceptors (Lipinski definition) is 4. The Bertz CT molecular complexity index is 630. The van der Waals surface area contributed by atoms with Crippen molar-refractivity contribution in [1.29, 1.82) is 0 Å². The third-order valence-corrected chi connectivity index (χ3v) is 3.52. The number of H-pyrrole nitrogens is 1. The van der Waals surface area contributed by atoms with E-state index >= 15 is 0 Å². The van der Waals surface area contributed by atoms with Gasteiger partial charge in [0.25, 0.3) is 5.56 Å². The van der Waals surface area contributed by atoms with Gasteiger partial charge in [-0.1, -0.05) is 13.8 Å². The van der Waals surface area contributed by atoms with Crippen molar-refractivity contribution >= 4 is 27.5 Å². The predicted molar refractivity (Wildman–Crippen MR) is 63.5 cm³/mol. The van der Waals surface area contributed by atoms with E-state index in [1.807, 2.05) is 13.8 Å². The van der Waals surface area contributed by atoms with Gasteiger partial charge in [0.15, 0.2) is 0 Å². The molecule has 0 unspecified atom stereocenters. The number of thiophene rings is 1. The van der Waals surface area contributed by atoms with Crippen LogP contribution in [0.4, 0.5) is 0 Å². The van der Waals surface area contributed by atoms with E-state index in [0.717, 1.165) is 4.88 Å². The molecule has 0 radical (unpaired) electrons. The molecule has 0 aliphatic carbocycles. The first kappa shape index (κ1) is 18.3. The molecule has 2 aromatic heterocycles. The number of aromatic nitrogens is 2. The van der Waals surface area contributed by atoms with E-state index in [1.54, 1.807) is 6.07 Å². The molecule has 0 saturated heterocycles. The Kier molecular flexibility index (Phi) is 7.31. The van der Waals surface area contributed by atoms with Crippen LogP contribution in [0.25, 0.3) is 10.2 Å². The predicted octanol–water partition coefficient (Wildman–Crippen LogP) is -3.96. The summed E-state index contributed by atoms with van der Waals surface area (Å²) >= 11 is 1.36. The number of aromatic carboxylic acids is 1. The molecule has 0 aromatic carbocycles. The summed E-state index contributed by atoms with van der Waals surface area (Å²) in [7, 11) is 0. The van der Waals surface area contributed by atoms with Gasteiger partial charge in [0.05, 0.1) is 5.39 Å². The molecule has 0 fully saturated rings. The molecule has 0 aliphatic heterocycles. The molecule has 0 saturated carbocycles. The number of carboxylic acid groups (broad SMARTS) is 1. The van der Waals surface area contributed by atoms with E-state index in [0.29, 0.717) is 16.1 Å². The first-order valence-corrected chi connectivity index (χ1v) is 5.57. The minimum atomic E-state index is -1.22. The molecule has 2 aromatic rings. The van der Waals surface area contributed by atoms with Crippen LogP contribution in [0.3, 0.4) is 0 Å². The Hall–Kier alpha value is 0.310. The van der Waals surface area contributed by atoms with Crippen molar-refractivity contribution in [2.75, 3.05) is 0 Å². The van der Waals surface area contributed by atoms with Crippen molar-refractivity contribution in [1.82, 2.24) is 9.97 Å². The number of fused-ring (bicyclic) bond motifs is 1. The standard InChI is InChI=1S/C10H10N2O3S.2Na.2H/c1-4(2)6-3-5-8(13)11-7(10(14)15)12-9(5)16-6;;;;/h3-4H,1-2H3,(H,14,15)(H,11,12,13);;;;/q;2*+1;2*-1. The quantitative estimate of drug-likeness (QED) is 0.552. The Morgan fingerprint density at radius 1 is 1.50 bits per heavy atom. The summed E-state index contributed by atoms with van der Waals surface area (Å²) in [6.45, 7) is 4.02. The Morgan fingerprint density at radius 2 is 2.11 bits per heavy atom. The number of nitrogens with one attached hydrogen (secondary N) is 1. The smallest absolute Gasteiger partial charge is 1.00 e. The summed E-state index contributed by atoms with van der Waals surface area (Å²) < 4.78 is 0. The molecule has 88 valence electrons. The van der Waals surface area contributed by atoms with Crippen LogP contribution in [-0.4, -0.2) is 21.0 Å². The maximum Gasteiger partial charge on any atom is 1.00 e. The molecule has 0 aliphatic rings. The fraction of sp³-hybridized carbons (Fsp3) is 0.300. The van der Waals surface area contributed by atoms with Crippen molar-refractivity contribution in [3.63, 3.8) is 0 Å². The third-order valence-electron chi connectivity index (χ3n) is 2.19. The van der Waals surface area contributed by atoms with E-state index in [-0.39, 0.29) is 67.8 Å². The molecule has 0 atom stereocenters. The largest absolute Gasteiger partial charge is 1.00 e. The van der Waals surface area contributed by atoms with Crippen LogP contribution in [0.1, 0.15) is 38.1 Å². The van der Waals surface area contributed by atoms with Crippen LogP contribution in [-0.2, 0) is 0 Å². The third kappa shape index (κ3) is 3.66. The van der Waals surface area contributed by atoms with Crippen molar-refractivity contribution in [3.8, 4) is 0 Å². The fourth-order valence-electron chi connectivity index (χ4n) is 1.34. The van der Waals surface area contributed by atoms with Gasteiger partial charge in [0, 0.05) is 4.88 Å². The van der Waals surface area contributed by atoms with Crippen LogP contribution in [0.5, 0.6) is 0 Å². The molecule has 2 heterocycles. The minimum absolute atomic E-state index is 0. The molecule has 5 nitrogen and oxygen atoms in total. The van der Waals surface area contributed by atoms with Crippen LogP contribution in [0, 0.1) is 0 Å². The van der Waals surface area contributed by atoms with Crippen LogP contribution in [0.2, 0.25) is 0 Å². The maximum absolute atomic E-state index is 11.6. The number of hydrogen-bond donors (Lipinski definition) is 2. The van der Waals surface area contributed by atoms with E-state index in [1.165, 1.54) is 11.3 Å². The van der Waals surface area contributed by atoms with Crippen molar-refractivity contribution in [2.24, 2.45) is 0 Å². The SMILES string of the molecule is CC(C)c1cc2c(=O)[nH]c(C(=O)O)nc2s1.[H-].[H-].[Na+].[Na+]. The first-order chi connectivity index (χ1) is 7.49. The Balaban J connectivity index is -0.000000722. The molecule has 0 amide bonds. The van der Waals surface area contributed by atoms with E-state index in [4.69, 9.17) is 5.11 Å². The number of rotatable bonds is 2. The second-order valence-electron chi connectivity index (χ2n) is 3.74. The molecule has 2 N–H and O–H groups in total. The van der Waals surface area contributed by atoms with E-state index in [9.17, 15) is 9.59 Å². The van der Waals surface area contributed by atoms with Crippen molar-refractivity contribution < 1.29 is 71.9 Å². The number of aromatic amines is 1. The summed E-state index contributed by atoms with van der Waals surface area (Å²) in [5.74, 6) is -1.24. The summed E-state index contributed by atoms with van der Waals surface area (Å²) in [6, 6.07) is 1.77. The summed E-state index contributed by atoms with van der Waals surface area (Å²) in [6.07, 6.45) is 0. The van der Waals surface area contributed by atoms with Crippen LogP contribution in [0.15, 0.2) is 10.9 Å². The normalized spacial score (nSPS) is 9.94. The van der Waals surface area contributed by atoms with Crippen molar-refractivity contribution in [2.45, 2.75) is 19.8 Å². The second-order valence-corrected chi connectivity index (χ2v) is 4.80. The first-order valence-electron chi connectivity index (χ1n) is 4.76. The summed E-state index contributed by atoms with van der Waals surface area (Å²) in [5.41, 5.74) is -0.398. The van der Waals surface area contributed by atoms with Gasteiger partial charge >= 0.3 is 65.1 Å². The average Bonchev–Trinajstić information content (AvgIpc) is 2.61. The van der Waals surface area contributed by atoms with Gasteiger partial charge in [0.1, 0.15) is 4.83 Å². The molecule has 8 heteroatoms. The molecule has 18 heavy (non-hydrogen) atoms. The minimum Gasteiger partial charge on any atom is -1.00 e. The van der Waals surface area contributed by atoms with Gasteiger partial charge in [-0.15, -0.1) is 11.3 Å². The number of carbonyl (C=O) groups is 1. The van der Waals surface area contributed by atoms with Gasteiger partial charge in [-0.05, 0) is 12.0 Å². The molecule has 0 spiro atoms.